The normalized spacial score (nSPS) is 13.2. The Bertz CT molecular complexity index is 463. The molecule has 3 N–H and O–H groups in total. The standard InChI is InChI=1S/C12H14BrF3N2O/c1-2-8(17)6-11(19)18-10-4-3-7(13)5-9(10)12(14,15)16/h3-5,8H,2,6,17H2,1H3,(H,18,19). The molecule has 0 bridgehead atoms. The predicted octanol–water partition coefficient (Wildman–Crippen LogP) is 3.53. The lowest BCUT2D eigenvalue weighted by Gasteiger charge is -2.15. The van der Waals surface area contributed by atoms with Gasteiger partial charge in [-0.1, -0.05) is 22.9 Å². The number of rotatable bonds is 4. The largest absolute Gasteiger partial charge is 0.418 e. The second-order valence-corrected chi connectivity index (χ2v) is 5.02. The maximum Gasteiger partial charge on any atom is 0.418 e. The summed E-state index contributed by atoms with van der Waals surface area (Å²) in [6, 6.07) is 3.21. The van der Waals surface area contributed by atoms with Crippen LogP contribution in [0.4, 0.5) is 18.9 Å². The van der Waals surface area contributed by atoms with Crippen molar-refractivity contribution in [3.8, 4) is 0 Å². The summed E-state index contributed by atoms with van der Waals surface area (Å²) in [6.07, 6.45) is -3.96. The third-order valence-corrected chi connectivity index (χ3v) is 3.03. The summed E-state index contributed by atoms with van der Waals surface area (Å²) < 4.78 is 38.7. The summed E-state index contributed by atoms with van der Waals surface area (Å²) in [5.74, 6) is -0.526. The van der Waals surface area contributed by atoms with Gasteiger partial charge in [-0.15, -0.1) is 0 Å². The summed E-state index contributed by atoms with van der Waals surface area (Å²) in [5.41, 5.74) is 4.44. The van der Waals surface area contributed by atoms with Crippen LogP contribution in [0.5, 0.6) is 0 Å². The first-order valence-electron chi connectivity index (χ1n) is 5.66. The summed E-state index contributed by atoms with van der Waals surface area (Å²) in [7, 11) is 0. The Morgan fingerprint density at radius 3 is 2.63 bits per heavy atom. The maximum absolute atomic E-state index is 12.8. The number of alkyl halides is 3. The van der Waals surface area contributed by atoms with Crippen molar-refractivity contribution in [2.75, 3.05) is 5.32 Å². The van der Waals surface area contributed by atoms with Crippen LogP contribution in [0.2, 0.25) is 0 Å². The van der Waals surface area contributed by atoms with E-state index in [1.165, 1.54) is 12.1 Å². The van der Waals surface area contributed by atoms with Crippen molar-refractivity contribution in [1.29, 1.82) is 0 Å². The quantitative estimate of drug-likeness (QED) is 0.882. The minimum Gasteiger partial charge on any atom is -0.327 e. The molecular weight excluding hydrogens is 325 g/mol. The van der Waals surface area contributed by atoms with Gasteiger partial charge in [0.25, 0.3) is 0 Å². The average Bonchev–Trinajstić information content (AvgIpc) is 2.29. The van der Waals surface area contributed by atoms with E-state index in [4.69, 9.17) is 5.73 Å². The second kappa shape index (κ2) is 6.38. The number of halogens is 4. The third-order valence-electron chi connectivity index (χ3n) is 2.53. The van der Waals surface area contributed by atoms with Gasteiger partial charge < -0.3 is 11.1 Å². The van der Waals surface area contributed by atoms with Crippen LogP contribution >= 0.6 is 15.9 Å². The van der Waals surface area contributed by atoms with E-state index in [-0.39, 0.29) is 18.2 Å². The van der Waals surface area contributed by atoms with E-state index in [1.54, 1.807) is 6.92 Å². The lowest BCUT2D eigenvalue weighted by Crippen LogP contribution is -2.27. The molecule has 106 valence electrons. The molecule has 1 aromatic carbocycles. The average molecular weight is 339 g/mol. The van der Waals surface area contributed by atoms with Gasteiger partial charge in [0.15, 0.2) is 0 Å². The summed E-state index contributed by atoms with van der Waals surface area (Å²) in [5, 5.41) is 2.25. The van der Waals surface area contributed by atoms with Crippen LogP contribution in [0, 0.1) is 0 Å². The fourth-order valence-corrected chi connectivity index (χ4v) is 1.80. The van der Waals surface area contributed by atoms with Crippen molar-refractivity contribution in [2.24, 2.45) is 5.73 Å². The Balaban J connectivity index is 2.92. The van der Waals surface area contributed by atoms with E-state index < -0.39 is 17.6 Å². The molecule has 0 saturated heterocycles. The molecule has 0 radical (unpaired) electrons. The van der Waals surface area contributed by atoms with Crippen molar-refractivity contribution in [3.05, 3.63) is 28.2 Å². The summed E-state index contributed by atoms with van der Waals surface area (Å²) >= 11 is 2.97. The van der Waals surface area contributed by atoms with E-state index in [1.807, 2.05) is 0 Å². The monoisotopic (exact) mass is 338 g/mol. The molecule has 0 aliphatic carbocycles. The topological polar surface area (TPSA) is 55.1 Å². The fourth-order valence-electron chi connectivity index (χ4n) is 1.44. The number of anilines is 1. The van der Waals surface area contributed by atoms with Crippen molar-refractivity contribution >= 4 is 27.5 Å². The van der Waals surface area contributed by atoms with Crippen LogP contribution in [0.3, 0.4) is 0 Å². The Morgan fingerprint density at radius 2 is 2.11 bits per heavy atom. The fraction of sp³-hybridized carbons (Fsp3) is 0.417. The van der Waals surface area contributed by atoms with E-state index in [0.717, 1.165) is 6.07 Å². The van der Waals surface area contributed by atoms with Gasteiger partial charge in [-0.2, -0.15) is 13.2 Å². The van der Waals surface area contributed by atoms with Crippen molar-refractivity contribution in [2.45, 2.75) is 32.0 Å². The van der Waals surface area contributed by atoms with Gasteiger partial charge in [0, 0.05) is 16.9 Å². The first-order chi connectivity index (χ1) is 8.74. The highest BCUT2D eigenvalue weighted by Crippen LogP contribution is 2.36. The third kappa shape index (κ3) is 4.83. The molecule has 0 saturated carbocycles. The summed E-state index contributed by atoms with van der Waals surface area (Å²) in [6.45, 7) is 1.80. The van der Waals surface area contributed by atoms with Gasteiger partial charge in [-0.3, -0.25) is 4.79 Å². The van der Waals surface area contributed by atoms with Gasteiger partial charge >= 0.3 is 6.18 Å². The Morgan fingerprint density at radius 1 is 1.47 bits per heavy atom. The van der Waals surface area contributed by atoms with E-state index in [0.29, 0.717) is 10.9 Å². The highest BCUT2D eigenvalue weighted by molar-refractivity contribution is 9.10. The molecule has 1 atom stereocenters. The number of nitrogens with one attached hydrogen (secondary N) is 1. The molecule has 0 fully saturated rings. The summed E-state index contributed by atoms with van der Waals surface area (Å²) in [4.78, 5) is 11.6. The van der Waals surface area contributed by atoms with E-state index >= 15 is 0 Å². The molecule has 0 aliphatic heterocycles. The molecule has 3 nitrogen and oxygen atoms in total. The highest BCUT2D eigenvalue weighted by Gasteiger charge is 2.34. The first kappa shape index (κ1) is 16.0. The zero-order valence-electron chi connectivity index (χ0n) is 10.2. The first-order valence-corrected chi connectivity index (χ1v) is 6.45. The maximum atomic E-state index is 12.8. The zero-order chi connectivity index (χ0) is 14.6. The Hall–Kier alpha value is -1.08. The second-order valence-electron chi connectivity index (χ2n) is 4.11. The predicted molar refractivity (Wildman–Crippen MR) is 70.7 cm³/mol. The smallest absolute Gasteiger partial charge is 0.327 e. The van der Waals surface area contributed by atoms with Gasteiger partial charge in [-0.25, -0.2) is 0 Å². The molecule has 1 aromatic rings. The number of carbonyl (C=O) groups is 1. The van der Waals surface area contributed by atoms with Gasteiger partial charge in [0.2, 0.25) is 5.91 Å². The number of nitrogens with two attached hydrogens (primary N) is 1. The molecular formula is C12H14BrF3N2O. The number of amides is 1. The van der Waals surface area contributed by atoms with Crippen LogP contribution in [-0.2, 0) is 11.0 Å². The van der Waals surface area contributed by atoms with Crippen LogP contribution in [-0.4, -0.2) is 11.9 Å². The SMILES string of the molecule is CCC(N)CC(=O)Nc1ccc(Br)cc1C(F)(F)F. The zero-order valence-corrected chi connectivity index (χ0v) is 11.8. The molecule has 0 aromatic heterocycles. The molecule has 0 heterocycles. The molecule has 0 aliphatic rings. The number of benzene rings is 1. The van der Waals surface area contributed by atoms with Gasteiger partial charge in [0.05, 0.1) is 11.3 Å². The number of carbonyl (C=O) groups excluding carboxylic acids is 1. The van der Waals surface area contributed by atoms with E-state index in [9.17, 15) is 18.0 Å². The molecule has 1 amide bonds. The van der Waals surface area contributed by atoms with Crippen molar-refractivity contribution in [1.82, 2.24) is 0 Å². The van der Waals surface area contributed by atoms with Crippen molar-refractivity contribution in [3.63, 3.8) is 0 Å². The number of hydrogen-bond acceptors (Lipinski definition) is 2. The lowest BCUT2D eigenvalue weighted by molar-refractivity contribution is -0.137. The molecule has 0 spiro atoms. The molecule has 19 heavy (non-hydrogen) atoms. The Kier molecular flexibility index (Phi) is 5.37. The molecule has 1 unspecified atom stereocenters. The highest BCUT2D eigenvalue weighted by atomic mass is 79.9. The van der Waals surface area contributed by atoms with Crippen LogP contribution in [0.1, 0.15) is 25.3 Å². The van der Waals surface area contributed by atoms with Crippen LogP contribution in [0.15, 0.2) is 22.7 Å². The minimum atomic E-state index is -4.53. The minimum absolute atomic E-state index is 0.0101. The Labute approximate surface area is 117 Å². The van der Waals surface area contributed by atoms with Crippen LogP contribution in [0.25, 0.3) is 0 Å². The van der Waals surface area contributed by atoms with Crippen LogP contribution < -0.4 is 11.1 Å². The molecule has 7 heteroatoms. The number of hydrogen-bond donors (Lipinski definition) is 2. The van der Waals surface area contributed by atoms with Gasteiger partial charge in [-0.05, 0) is 24.6 Å². The molecule has 1 rings (SSSR count). The lowest BCUT2D eigenvalue weighted by atomic mass is 10.1. The van der Waals surface area contributed by atoms with Crippen molar-refractivity contribution < 1.29 is 18.0 Å². The van der Waals surface area contributed by atoms with Gasteiger partial charge in [0.1, 0.15) is 0 Å². The van der Waals surface area contributed by atoms with E-state index in [2.05, 4.69) is 21.2 Å².